The molecule has 2 atom stereocenters. The summed E-state index contributed by atoms with van der Waals surface area (Å²) in [5.41, 5.74) is 2.76. The molecule has 0 spiro atoms. The quantitative estimate of drug-likeness (QED) is 0.347. The highest BCUT2D eigenvalue weighted by atomic mass is 32.2. The van der Waals surface area contributed by atoms with E-state index in [-0.39, 0.29) is 22.8 Å². The smallest absolute Gasteiger partial charge is 0.268 e. The zero-order valence-electron chi connectivity index (χ0n) is 22.0. The molecule has 11 heteroatoms. The molecule has 1 saturated heterocycles. The van der Waals surface area contributed by atoms with Crippen LogP contribution in [0.3, 0.4) is 0 Å². The Bertz CT molecular complexity index is 1580. The second-order valence-corrected chi connectivity index (χ2v) is 12.7. The topological polar surface area (TPSA) is 91.0 Å². The van der Waals surface area contributed by atoms with Gasteiger partial charge in [-0.15, -0.1) is 21.5 Å². The van der Waals surface area contributed by atoms with E-state index in [4.69, 9.17) is 9.47 Å². The molecule has 1 fully saturated rings. The molecule has 200 valence electrons. The number of thiophene rings is 1. The molecule has 0 N–H and O–H groups in total. The molecule has 0 saturated carbocycles. The number of amides is 1. The Kier molecular flexibility index (Phi) is 6.79. The molecular formula is C27H31N5O4S2. The first-order valence-corrected chi connectivity index (χ1v) is 14.7. The molecule has 2 aliphatic heterocycles. The van der Waals surface area contributed by atoms with Crippen LogP contribution in [-0.4, -0.2) is 67.6 Å². The number of carbonyl (C=O) groups excluding carboxylic acids is 1. The minimum absolute atomic E-state index is 0.0527. The van der Waals surface area contributed by atoms with E-state index in [0.717, 1.165) is 26.5 Å². The van der Waals surface area contributed by atoms with Crippen LogP contribution in [0.1, 0.15) is 36.8 Å². The average Bonchev–Trinajstić information content (AvgIpc) is 3.50. The van der Waals surface area contributed by atoms with Gasteiger partial charge in [0.25, 0.3) is 5.56 Å². The van der Waals surface area contributed by atoms with Gasteiger partial charge < -0.3 is 14.4 Å². The van der Waals surface area contributed by atoms with Crippen LogP contribution < -0.4 is 5.56 Å². The lowest BCUT2D eigenvalue weighted by atomic mass is 9.96. The van der Waals surface area contributed by atoms with Gasteiger partial charge in [0.1, 0.15) is 4.83 Å². The molecule has 5 heterocycles. The second kappa shape index (κ2) is 10.1. The predicted octanol–water partition coefficient (Wildman–Crippen LogP) is 3.84. The zero-order chi connectivity index (χ0) is 26.6. The van der Waals surface area contributed by atoms with Crippen LogP contribution in [0.2, 0.25) is 0 Å². The molecule has 0 radical (unpaired) electrons. The first kappa shape index (κ1) is 25.5. The third kappa shape index (κ3) is 4.35. The maximum atomic E-state index is 14.2. The lowest BCUT2D eigenvalue weighted by molar-refractivity contribution is -0.134. The molecule has 0 bridgehead atoms. The lowest BCUT2D eigenvalue weighted by Gasteiger charge is -2.28. The summed E-state index contributed by atoms with van der Waals surface area (Å²) in [6, 6.07) is 7.85. The fourth-order valence-electron chi connectivity index (χ4n) is 5.19. The number of aromatic nitrogens is 4. The second-order valence-electron chi connectivity index (χ2n) is 10.3. The van der Waals surface area contributed by atoms with Crippen LogP contribution in [0.4, 0.5) is 0 Å². The number of fused-ring (bicyclic) bond motifs is 5. The number of morpholine rings is 1. The molecule has 1 aromatic carbocycles. The number of carbonyl (C=O) groups is 1. The van der Waals surface area contributed by atoms with Gasteiger partial charge >= 0.3 is 0 Å². The fourth-order valence-corrected chi connectivity index (χ4v) is 7.42. The van der Waals surface area contributed by atoms with E-state index in [1.54, 1.807) is 15.9 Å². The van der Waals surface area contributed by atoms with E-state index in [2.05, 4.69) is 24.0 Å². The van der Waals surface area contributed by atoms with Gasteiger partial charge in [0, 0.05) is 24.4 Å². The predicted molar refractivity (Wildman–Crippen MR) is 149 cm³/mol. The van der Waals surface area contributed by atoms with Crippen molar-refractivity contribution >= 4 is 45.0 Å². The van der Waals surface area contributed by atoms with Gasteiger partial charge in [0.2, 0.25) is 11.7 Å². The summed E-state index contributed by atoms with van der Waals surface area (Å²) in [4.78, 5) is 31.1. The maximum absolute atomic E-state index is 14.2. The molecule has 38 heavy (non-hydrogen) atoms. The van der Waals surface area contributed by atoms with Crippen LogP contribution in [0.5, 0.6) is 0 Å². The van der Waals surface area contributed by atoms with Crippen molar-refractivity contribution in [3.63, 3.8) is 0 Å². The SMILES string of the molecule is Cc1cccc(-n2c(=O)c3c4c(sc3n3c(S[C@H](C)C(=O)N5CCOCC5)nnc23)CO[C@H](C(C)C)C4)c1. The monoisotopic (exact) mass is 553 g/mol. The Morgan fingerprint density at radius 2 is 1.97 bits per heavy atom. The Balaban J connectivity index is 1.53. The number of aryl methyl sites for hydroxylation is 1. The number of ether oxygens (including phenoxy) is 2. The number of benzene rings is 1. The number of hydrogen-bond acceptors (Lipinski definition) is 8. The van der Waals surface area contributed by atoms with Gasteiger partial charge in [-0.2, -0.15) is 0 Å². The van der Waals surface area contributed by atoms with Gasteiger partial charge in [-0.05, 0) is 43.0 Å². The molecule has 1 amide bonds. The minimum Gasteiger partial charge on any atom is -0.378 e. The fraction of sp³-hybridized carbons (Fsp3) is 0.481. The number of rotatable bonds is 5. The average molecular weight is 554 g/mol. The van der Waals surface area contributed by atoms with E-state index in [0.29, 0.717) is 61.6 Å². The van der Waals surface area contributed by atoms with Gasteiger partial charge in [0.15, 0.2) is 5.16 Å². The van der Waals surface area contributed by atoms with Gasteiger partial charge in [-0.25, -0.2) is 8.97 Å². The Morgan fingerprint density at radius 3 is 2.71 bits per heavy atom. The highest BCUT2D eigenvalue weighted by molar-refractivity contribution is 8.00. The number of hydrogen-bond donors (Lipinski definition) is 0. The van der Waals surface area contributed by atoms with E-state index >= 15 is 0 Å². The van der Waals surface area contributed by atoms with Crippen LogP contribution in [0.25, 0.3) is 21.7 Å². The van der Waals surface area contributed by atoms with Gasteiger partial charge in [-0.1, -0.05) is 37.7 Å². The van der Waals surface area contributed by atoms with Crippen molar-refractivity contribution in [2.45, 2.75) is 57.2 Å². The van der Waals surface area contributed by atoms with Crippen molar-refractivity contribution in [2.75, 3.05) is 26.3 Å². The van der Waals surface area contributed by atoms with Crippen molar-refractivity contribution < 1.29 is 14.3 Å². The van der Waals surface area contributed by atoms with Crippen LogP contribution in [0, 0.1) is 12.8 Å². The molecule has 0 unspecified atom stereocenters. The van der Waals surface area contributed by atoms with E-state index in [9.17, 15) is 9.59 Å². The summed E-state index contributed by atoms with van der Waals surface area (Å²) in [5.74, 6) is 0.840. The molecule has 0 aliphatic carbocycles. The van der Waals surface area contributed by atoms with Crippen molar-refractivity contribution in [3.8, 4) is 5.69 Å². The number of thioether (sulfide) groups is 1. The third-order valence-electron chi connectivity index (χ3n) is 7.30. The van der Waals surface area contributed by atoms with E-state index in [1.807, 2.05) is 47.4 Å². The normalized spacial score (nSPS) is 18.9. The van der Waals surface area contributed by atoms with E-state index in [1.165, 1.54) is 11.8 Å². The molecule has 6 rings (SSSR count). The first-order chi connectivity index (χ1) is 18.3. The summed E-state index contributed by atoms with van der Waals surface area (Å²) in [6.45, 7) is 11.0. The lowest BCUT2D eigenvalue weighted by Crippen LogP contribution is -2.44. The Morgan fingerprint density at radius 1 is 1.18 bits per heavy atom. The largest absolute Gasteiger partial charge is 0.378 e. The Hall–Kier alpha value is -2.73. The molecular weight excluding hydrogens is 522 g/mol. The van der Waals surface area contributed by atoms with Gasteiger partial charge in [-0.3, -0.25) is 9.59 Å². The highest BCUT2D eigenvalue weighted by Gasteiger charge is 2.31. The summed E-state index contributed by atoms with van der Waals surface area (Å²) < 4.78 is 15.2. The van der Waals surface area contributed by atoms with Crippen molar-refractivity contribution in [2.24, 2.45) is 5.92 Å². The van der Waals surface area contributed by atoms with Crippen LogP contribution in [-0.2, 0) is 27.3 Å². The number of nitrogens with zero attached hydrogens (tertiary/aromatic N) is 5. The third-order valence-corrected chi connectivity index (χ3v) is 9.52. The van der Waals surface area contributed by atoms with Crippen LogP contribution in [0.15, 0.2) is 34.2 Å². The molecule has 3 aromatic heterocycles. The maximum Gasteiger partial charge on any atom is 0.268 e. The highest BCUT2D eigenvalue weighted by Crippen LogP contribution is 2.38. The zero-order valence-corrected chi connectivity index (χ0v) is 23.6. The van der Waals surface area contributed by atoms with E-state index < -0.39 is 0 Å². The van der Waals surface area contributed by atoms with Crippen molar-refractivity contribution in [1.82, 2.24) is 24.1 Å². The summed E-state index contributed by atoms with van der Waals surface area (Å²) in [7, 11) is 0. The minimum atomic E-state index is -0.363. The summed E-state index contributed by atoms with van der Waals surface area (Å²) >= 11 is 2.94. The first-order valence-electron chi connectivity index (χ1n) is 13.0. The summed E-state index contributed by atoms with van der Waals surface area (Å²) in [6.07, 6.45) is 0.752. The molecule has 4 aromatic rings. The summed E-state index contributed by atoms with van der Waals surface area (Å²) in [5, 5.41) is 9.93. The van der Waals surface area contributed by atoms with Crippen molar-refractivity contribution in [3.05, 3.63) is 50.6 Å². The van der Waals surface area contributed by atoms with Crippen LogP contribution >= 0.6 is 23.1 Å². The molecule has 2 aliphatic rings. The molecule has 9 nitrogen and oxygen atoms in total. The Labute approximate surface area is 228 Å². The standard InChI is InChI=1S/C27H31N5O4S2/c1-15(2)20-13-19-21(14-36-20)38-25-22(19)24(34)31(18-7-5-6-16(3)12-18)26-28-29-27(32(25)26)37-17(4)23(33)30-8-10-35-11-9-30/h5-7,12,15,17,20H,8-11,13-14H2,1-4H3/t17-,20+/m1/s1. The van der Waals surface area contributed by atoms with Gasteiger partial charge in [0.05, 0.1) is 42.2 Å². The van der Waals surface area contributed by atoms with Crippen molar-refractivity contribution in [1.29, 1.82) is 0 Å².